The van der Waals surface area contributed by atoms with E-state index in [-0.39, 0.29) is 24.0 Å². The lowest BCUT2D eigenvalue weighted by Gasteiger charge is -2.35. The minimum absolute atomic E-state index is 0. The van der Waals surface area contributed by atoms with Gasteiger partial charge < -0.3 is 15.4 Å². The van der Waals surface area contributed by atoms with Crippen LogP contribution >= 0.6 is 24.0 Å². The Labute approximate surface area is 177 Å². The fraction of sp³-hybridized carbons (Fsp3) is 0.947. The summed E-state index contributed by atoms with van der Waals surface area (Å²) >= 11 is 0. The molecule has 0 spiro atoms. The standard InChI is InChI=1S/C19H39N5O.HI/c1-4-18-8-6-7-10-24(18)11-9-21-19(20-5-2)22-16-17(3)23-12-14-25-15-13-23;/h17-18H,4-16H2,1-3H3,(H2,20,21,22);1H. The predicted molar refractivity (Wildman–Crippen MR) is 121 cm³/mol. The number of hydrogen-bond acceptors (Lipinski definition) is 4. The zero-order valence-electron chi connectivity index (χ0n) is 17.0. The monoisotopic (exact) mass is 481 g/mol. The summed E-state index contributed by atoms with van der Waals surface area (Å²) in [6.07, 6.45) is 5.38. The van der Waals surface area contributed by atoms with Crippen molar-refractivity contribution < 1.29 is 4.74 Å². The Morgan fingerprint density at radius 1 is 1.15 bits per heavy atom. The average Bonchev–Trinajstić information content (AvgIpc) is 2.67. The van der Waals surface area contributed by atoms with Crippen LogP contribution in [0, 0.1) is 0 Å². The van der Waals surface area contributed by atoms with Crippen LogP contribution in [0.4, 0.5) is 0 Å². The molecule has 0 amide bonds. The first-order valence-corrected chi connectivity index (χ1v) is 10.3. The number of morpholine rings is 1. The number of hydrogen-bond donors (Lipinski definition) is 2. The zero-order chi connectivity index (χ0) is 17.9. The van der Waals surface area contributed by atoms with Crippen molar-refractivity contribution in [3.05, 3.63) is 0 Å². The third-order valence-corrected chi connectivity index (χ3v) is 5.44. The summed E-state index contributed by atoms with van der Waals surface area (Å²) in [6, 6.07) is 1.24. The molecule has 0 aromatic heterocycles. The molecule has 0 bridgehead atoms. The lowest BCUT2D eigenvalue weighted by molar-refractivity contribution is 0.0220. The van der Waals surface area contributed by atoms with Gasteiger partial charge in [0.05, 0.1) is 19.8 Å². The van der Waals surface area contributed by atoms with Gasteiger partial charge in [0.25, 0.3) is 0 Å². The van der Waals surface area contributed by atoms with Crippen LogP contribution in [0.15, 0.2) is 4.99 Å². The quantitative estimate of drug-likeness (QED) is 0.316. The molecule has 2 aliphatic rings. The van der Waals surface area contributed by atoms with Crippen molar-refractivity contribution >= 4 is 29.9 Å². The molecular weight excluding hydrogens is 441 g/mol. The Bertz CT molecular complexity index is 390. The number of rotatable bonds is 8. The normalized spacial score (nSPS) is 24.0. The molecule has 2 N–H and O–H groups in total. The van der Waals surface area contributed by atoms with Crippen molar-refractivity contribution in [1.82, 2.24) is 20.4 Å². The first-order valence-electron chi connectivity index (χ1n) is 10.3. The second-order valence-corrected chi connectivity index (χ2v) is 7.24. The van der Waals surface area contributed by atoms with Gasteiger partial charge in [-0.15, -0.1) is 24.0 Å². The molecule has 2 aliphatic heterocycles. The summed E-state index contributed by atoms with van der Waals surface area (Å²) in [6.45, 7) is 15.5. The molecule has 0 saturated carbocycles. The van der Waals surface area contributed by atoms with Crippen LogP contribution in [-0.4, -0.2) is 86.9 Å². The van der Waals surface area contributed by atoms with Gasteiger partial charge in [0.15, 0.2) is 5.96 Å². The Morgan fingerprint density at radius 2 is 1.92 bits per heavy atom. The smallest absolute Gasteiger partial charge is 0.191 e. The van der Waals surface area contributed by atoms with E-state index in [0.717, 1.165) is 64.5 Å². The Kier molecular flexibility index (Phi) is 12.8. The number of guanidine groups is 1. The highest BCUT2D eigenvalue weighted by Gasteiger charge is 2.20. The molecule has 2 saturated heterocycles. The van der Waals surface area contributed by atoms with Crippen LogP contribution < -0.4 is 10.6 Å². The number of nitrogens with zero attached hydrogens (tertiary/aromatic N) is 3. The van der Waals surface area contributed by atoms with Crippen molar-refractivity contribution in [1.29, 1.82) is 0 Å². The maximum absolute atomic E-state index is 5.44. The van der Waals surface area contributed by atoms with Crippen LogP contribution in [0.25, 0.3) is 0 Å². The van der Waals surface area contributed by atoms with Gasteiger partial charge in [-0.1, -0.05) is 13.3 Å². The molecule has 26 heavy (non-hydrogen) atoms. The molecule has 0 aromatic rings. The number of piperidine rings is 1. The third kappa shape index (κ3) is 8.27. The lowest BCUT2D eigenvalue weighted by Crippen LogP contribution is -2.47. The summed E-state index contributed by atoms with van der Waals surface area (Å²) in [5.41, 5.74) is 0. The Hall–Kier alpha value is -0.120. The maximum atomic E-state index is 5.44. The van der Waals surface area contributed by atoms with Crippen LogP contribution in [0.2, 0.25) is 0 Å². The van der Waals surface area contributed by atoms with Gasteiger partial charge in [0.1, 0.15) is 0 Å². The van der Waals surface area contributed by atoms with E-state index in [1.165, 1.54) is 32.2 Å². The van der Waals surface area contributed by atoms with E-state index < -0.39 is 0 Å². The van der Waals surface area contributed by atoms with Gasteiger partial charge in [-0.3, -0.25) is 14.8 Å². The fourth-order valence-corrected chi connectivity index (χ4v) is 3.83. The van der Waals surface area contributed by atoms with E-state index in [2.05, 4.69) is 41.2 Å². The predicted octanol–water partition coefficient (Wildman–Crippen LogP) is 2.14. The Balaban J connectivity index is 0.00000338. The first-order chi connectivity index (χ1) is 12.2. The molecule has 2 rings (SSSR count). The van der Waals surface area contributed by atoms with Gasteiger partial charge >= 0.3 is 0 Å². The number of likely N-dealkylation sites (tertiary alicyclic amines) is 1. The van der Waals surface area contributed by atoms with Crippen LogP contribution in [-0.2, 0) is 4.74 Å². The number of nitrogens with one attached hydrogen (secondary N) is 2. The zero-order valence-corrected chi connectivity index (χ0v) is 19.3. The molecule has 0 aromatic carbocycles. The molecule has 0 aliphatic carbocycles. The summed E-state index contributed by atoms with van der Waals surface area (Å²) < 4.78 is 5.44. The SMILES string of the molecule is CCNC(=NCC(C)N1CCOCC1)NCCN1CCCCC1CC.I. The summed E-state index contributed by atoms with van der Waals surface area (Å²) in [5.74, 6) is 0.952. The van der Waals surface area contributed by atoms with Crippen molar-refractivity contribution in [3.8, 4) is 0 Å². The largest absolute Gasteiger partial charge is 0.379 e. The van der Waals surface area contributed by atoms with Crippen molar-refractivity contribution in [2.45, 2.75) is 58.5 Å². The summed E-state index contributed by atoms with van der Waals surface area (Å²) in [4.78, 5) is 9.92. The summed E-state index contributed by atoms with van der Waals surface area (Å²) in [5, 5.41) is 6.91. The number of halogens is 1. The van der Waals surface area contributed by atoms with E-state index >= 15 is 0 Å². The Morgan fingerprint density at radius 3 is 2.62 bits per heavy atom. The maximum Gasteiger partial charge on any atom is 0.191 e. The second kappa shape index (κ2) is 14.0. The average molecular weight is 481 g/mol. The van der Waals surface area contributed by atoms with Gasteiger partial charge in [0.2, 0.25) is 0 Å². The number of ether oxygens (including phenoxy) is 1. The van der Waals surface area contributed by atoms with E-state index in [1.54, 1.807) is 0 Å². The molecule has 7 heteroatoms. The summed E-state index contributed by atoms with van der Waals surface area (Å²) in [7, 11) is 0. The fourth-order valence-electron chi connectivity index (χ4n) is 3.83. The highest BCUT2D eigenvalue weighted by molar-refractivity contribution is 14.0. The van der Waals surface area contributed by atoms with Crippen LogP contribution in [0.1, 0.15) is 46.5 Å². The molecule has 2 atom stereocenters. The lowest BCUT2D eigenvalue weighted by atomic mass is 10.0. The molecular formula is C19H40IN5O. The highest BCUT2D eigenvalue weighted by atomic mass is 127. The van der Waals surface area contributed by atoms with E-state index in [0.29, 0.717) is 6.04 Å². The molecule has 154 valence electrons. The number of aliphatic imine (C=N–C) groups is 1. The van der Waals surface area contributed by atoms with Gasteiger partial charge in [-0.25, -0.2) is 0 Å². The van der Waals surface area contributed by atoms with Gasteiger partial charge in [-0.05, 0) is 39.7 Å². The van der Waals surface area contributed by atoms with E-state index in [4.69, 9.17) is 9.73 Å². The van der Waals surface area contributed by atoms with Crippen LogP contribution in [0.3, 0.4) is 0 Å². The molecule has 6 nitrogen and oxygen atoms in total. The van der Waals surface area contributed by atoms with Crippen LogP contribution in [0.5, 0.6) is 0 Å². The van der Waals surface area contributed by atoms with E-state index in [1.807, 2.05) is 0 Å². The van der Waals surface area contributed by atoms with E-state index in [9.17, 15) is 0 Å². The topological polar surface area (TPSA) is 52.1 Å². The molecule has 2 heterocycles. The molecule has 0 radical (unpaired) electrons. The van der Waals surface area contributed by atoms with Gasteiger partial charge in [-0.2, -0.15) is 0 Å². The van der Waals surface area contributed by atoms with Gasteiger partial charge in [0, 0.05) is 44.8 Å². The minimum Gasteiger partial charge on any atom is -0.379 e. The third-order valence-electron chi connectivity index (χ3n) is 5.44. The minimum atomic E-state index is 0. The van der Waals surface area contributed by atoms with Crippen molar-refractivity contribution in [2.24, 2.45) is 4.99 Å². The molecule has 2 unspecified atom stereocenters. The highest BCUT2D eigenvalue weighted by Crippen LogP contribution is 2.18. The first kappa shape index (κ1) is 23.9. The van der Waals surface area contributed by atoms with Crippen molar-refractivity contribution in [2.75, 3.05) is 59.0 Å². The molecule has 2 fully saturated rings. The van der Waals surface area contributed by atoms with Crippen molar-refractivity contribution in [3.63, 3.8) is 0 Å². The second-order valence-electron chi connectivity index (χ2n) is 7.24.